The number of nitrogens with one attached hydrogen (secondary N) is 1. The van der Waals surface area contributed by atoms with Crippen LogP contribution < -0.4 is 10.2 Å². The molecule has 0 aliphatic carbocycles. The van der Waals surface area contributed by atoms with Crippen molar-refractivity contribution in [3.8, 4) is 5.75 Å². The first-order valence-corrected chi connectivity index (χ1v) is 9.00. The number of hydrogen-bond donors (Lipinski definition) is 1. The van der Waals surface area contributed by atoms with Gasteiger partial charge in [0.1, 0.15) is 11.9 Å². The maximum Gasteiger partial charge on any atom is 0.223 e. The lowest BCUT2D eigenvalue weighted by atomic mass is 10.0. The summed E-state index contributed by atoms with van der Waals surface area (Å²) in [5.41, 5.74) is 5.09. The van der Waals surface area contributed by atoms with Gasteiger partial charge in [0, 0.05) is 0 Å². The number of sulfone groups is 1. The number of hydroxylamine groups is 1. The second-order valence-electron chi connectivity index (χ2n) is 5.70. The Kier molecular flexibility index (Phi) is 4.34. The van der Waals surface area contributed by atoms with Gasteiger partial charge in [0.15, 0.2) is 5.03 Å². The smallest absolute Gasteiger partial charge is 0.223 e. The highest BCUT2D eigenvalue weighted by atomic mass is 32.2. The highest BCUT2D eigenvalue weighted by molar-refractivity contribution is 7.95. The second-order valence-corrected chi connectivity index (χ2v) is 7.59. The first-order chi connectivity index (χ1) is 11.4. The fourth-order valence-corrected chi connectivity index (χ4v) is 4.02. The van der Waals surface area contributed by atoms with E-state index in [4.69, 9.17) is 9.57 Å². The van der Waals surface area contributed by atoms with Crippen LogP contribution in [0.1, 0.15) is 24.2 Å². The topological polar surface area (TPSA) is 64.6 Å². The van der Waals surface area contributed by atoms with E-state index in [0.717, 1.165) is 16.9 Å². The normalized spacial score (nSPS) is 17.7. The summed E-state index contributed by atoms with van der Waals surface area (Å²) in [6.07, 6.45) is -0.453. The lowest BCUT2D eigenvalue weighted by Crippen LogP contribution is -2.16. The number of benzene rings is 2. The highest BCUT2D eigenvalue weighted by Crippen LogP contribution is 2.35. The summed E-state index contributed by atoms with van der Waals surface area (Å²) < 4.78 is 30.8. The third kappa shape index (κ3) is 2.90. The average Bonchev–Trinajstić information content (AvgIpc) is 2.97. The van der Waals surface area contributed by atoms with E-state index in [1.807, 2.05) is 31.2 Å². The molecular formula is C18H19NO4S. The van der Waals surface area contributed by atoms with Crippen molar-refractivity contribution in [1.82, 2.24) is 5.48 Å². The van der Waals surface area contributed by atoms with Crippen LogP contribution in [0.3, 0.4) is 0 Å². The number of methoxy groups -OCH3 is 1. The van der Waals surface area contributed by atoms with Crippen molar-refractivity contribution in [3.05, 3.63) is 70.3 Å². The van der Waals surface area contributed by atoms with Crippen LogP contribution in [0.2, 0.25) is 0 Å². The van der Waals surface area contributed by atoms with Gasteiger partial charge in [0.25, 0.3) is 0 Å². The van der Waals surface area contributed by atoms with Crippen LogP contribution in [0.25, 0.3) is 0 Å². The maximum absolute atomic E-state index is 12.8. The molecule has 0 bridgehead atoms. The Morgan fingerprint density at radius 2 is 1.62 bits per heavy atom. The predicted octanol–water partition coefficient (Wildman–Crippen LogP) is 3.28. The molecule has 0 amide bonds. The minimum absolute atomic E-state index is 0.104. The maximum atomic E-state index is 12.8. The van der Waals surface area contributed by atoms with E-state index in [1.165, 1.54) is 0 Å². The van der Waals surface area contributed by atoms with Crippen molar-refractivity contribution in [2.45, 2.75) is 24.8 Å². The summed E-state index contributed by atoms with van der Waals surface area (Å²) in [7, 11) is -2.04. The van der Waals surface area contributed by atoms with Gasteiger partial charge in [0.2, 0.25) is 9.84 Å². The predicted molar refractivity (Wildman–Crippen MR) is 91.0 cm³/mol. The molecule has 1 unspecified atom stereocenters. The molecule has 1 N–H and O–H groups in total. The Labute approximate surface area is 141 Å². The molecule has 0 saturated heterocycles. The van der Waals surface area contributed by atoms with Crippen molar-refractivity contribution in [1.29, 1.82) is 0 Å². The Morgan fingerprint density at radius 1 is 1.00 bits per heavy atom. The molecular weight excluding hydrogens is 326 g/mol. The zero-order chi connectivity index (χ0) is 17.3. The Bertz CT molecular complexity index is 868. The molecule has 0 radical (unpaired) electrons. The SMILES string of the molecule is COc1ccc(C2ONC(S(=O)(=O)c3ccc(C)cc3)=C2C)cc1. The van der Waals surface area contributed by atoms with E-state index < -0.39 is 15.9 Å². The number of ether oxygens (including phenoxy) is 1. The van der Waals surface area contributed by atoms with E-state index >= 15 is 0 Å². The summed E-state index contributed by atoms with van der Waals surface area (Å²) in [6.45, 7) is 3.67. The Balaban J connectivity index is 1.96. The van der Waals surface area contributed by atoms with Gasteiger partial charge in [0.05, 0.1) is 12.0 Å². The minimum Gasteiger partial charge on any atom is -0.497 e. The first kappa shape index (κ1) is 16.5. The molecule has 24 heavy (non-hydrogen) atoms. The summed E-state index contributed by atoms with van der Waals surface area (Å²) in [5.74, 6) is 0.735. The molecule has 0 aromatic heterocycles. The van der Waals surface area contributed by atoms with E-state index in [1.54, 1.807) is 38.3 Å². The molecule has 6 heteroatoms. The molecule has 1 atom stereocenters. The molecule has 0 fully saturated rings. The number of rotatable bonds is 4. The van der Waals surface area contributed by atoms with Crippen LogP contribution in [0.4, 0.5) is 0 Å². The third-order valence-electron chi connectivity index (χ3n) is 4.04. The monoisotopic (exact) mass is 345 g/mol. The van der Waals surface area contributed by atoms with Gasteiger partial charge in [-0.1, -0.05) is 29.8 Å². The molecule has 2 aromatic rings. The highest BCUT2D eigenvalue weighted by Gasteiger charge is 2.33. The molecule has 5 nitrogen and oxygen atoms in total. The van der Waals surface area contributed by atoms with Crippen LogP contribution in [0.15, 0.2) is 64.0 Å². The third-order valence-corrected chi connectivity index (χ3v) is 5.88. The molecule has 1 aliphatic heterocycles. The van der Waals surface area contributed by atoms with Crippen LogP contribution >= 0.6 is 0 Å². The van der Waals surface area contributed by atoms with Crippen LogP contribution in [-0.2, 0) is 14.7 Å². The Morgan fingerprint density at radius 3 is 2.21 bits per heavy atom. The fraction of sp³-hybridized carbons (Fsp3) is 0.222. The van der Waals surface area contributed by atoms with Gasteiger partial charge in [-0.05, 0) is 49.2 Å². The Hall–Kier alpha value is -2.31. The van der Waals surface area contributed by atoms with E-state index in [-0.39, 0.29) is 9.92 Å². The average molecular weight is 345 g/mol. The molecule has 1 aliphatic rings. The standard InChI is InChI=1S/C18H19NO4S/c1-12-4-10-16(11-5-12)24(20,21)18-13(2)17(23-19-18)14-6-8-15(22-3)9-7-14/h4-11,17,19H,1-3H3. The van der Waals surface area contributed by atoms with Crippen molar-refractivity contribution < 1.29 is 18.0 Å². The van der Waals surface area contributed by atoms with Gasteiger partial charge in [-0.25, -0.2) is 8.42 Å². The zero-order valence-corrected chi connectivity index (χ0v) is 14.6. The quantitative estimate of drug-likeness (QED) is 0.921. The van der Waals surface area contributed by atoms with Crippen molar-refractivity contribution in [2.75, 3.05) is 7.11 Å². The van der Waals surface area contributed by atoms with E-state index in [2.05, 4.69) is 5.48 Å². The van der Waals surface area contributed by atoms with E-state index in [9.17, 15) is 8.42 Å². The number of aryl methyl sites for hydroxylation is 1. The molecule has 3 rings (SSSR count). The molecule has 0 saturated carbocycles. The van der Waals surface area contributed by atoms with Crippen LogP contribution in [-0.4, -0.2) is 15.5 Å². The van der Waals surface area contributed by atoms with Gasteiger partial charge >= 0.3 is 0 Å². The summed E-state index contributed by atoms with van der Waals surface area (Å²) >= 11 is 0. The van der Waals surface area contributed by atoms with Crippen LogP contribution in [0.5, 0.6) is 5.75 Å². The largest absolute Gasteiger partial charge is 0.497 e. The van der Waals surface area contributed by atoms with Gasteiger partial charge in [-0.3, -0.25) is 10.3 Å². The molecule has 126 valence electrons. The number of hydrogen-bond acceptors (Lipinski definition) is 5. The molecule has 2 aromatic carbocycles. The summed E-state index contributed by atoms with van der Waals surface area (Å²) in [5, 5.41) is 0.104. The lowest BCUT2D eigenvalue weighted by Gasteiger charge is -2.10. The van der Waals surface area contributed by atoms with Gasteiger partial charge < -0.3 is 4.74 Å². The fourth-order valence-electron chi connectivity index (χ4n) is 2.60. The summed E-state index contributed by atoms with van der Waals surface area (Å²) in [4.78, 5) is 5.77. The molecule has 0 spiro atoms. The van der Waals surface area contributed by atoms with Gasteiger partial charge in [-0.2, -0.15) is 0 Å². The van der Waals surface area contributed by atoms with Crippen molar-refractivity contribution >= 4 is 9.84 Å². The minimum atomic E-state index is -3.64. The lowest BCUT2D eigenvalue weighted by molar-refractivity contribution is 0.0409. The van der Waals surface area contributed by atoms with Crippen molar-refractivity contribution in [3.63, 3.8) is 0 Å². The van der Waals surface area contributed by atoms with Crippen LogP contribution in [0, 0.1) is 6.92 Å². The first-order valence-electron chi connectivity index (χ1n) is 7.51. The second kappa shape index (κ2) is 6.30. The van der Waals surface area contributed by atoms with Crippen molar-refractivity contribution in [2.24, 2.45) is 0 Å². The molecule has 1 heterocycles. The van der Waals surface area contributed by atoms with E-state index in [0.29, 0.717) is 5.57 Å². The van der Waals surface area contributed by atoms with Gasteiger partial charge in [-0.15, -0.1) is 0 Å². The summed E-state index contributed by atoms with van der Waals surface area (Å²) in [6, 6.07) is 14.1. The zero-order valence-electron chi connectivity index (χ0n) is 13.7.